The number of benzene rings is 1. The summed E-state index contributed by atoms with van der Waals surface area (Å²) in [5, 5.41) is 10.0. The van der Waals surface area contributed by atoms with E-state index in [4.69, 9.17) is 24.2 Å². The number of methoxy groups -OCH3 is 1. The van der Waals surface area contributed by atoms with Crippen molar-refractivity contribution in [3.05, 3.63) is 47.5 Å². The van der Waals surface area contributed by atoms with Crippen molar-refractivity contribution in [2.75, 3.05) is 20.3 Å². The van der Waals surface area contributed by atoms with Crippen LogP contribution in [0.25, 0.3) is 21.6 Å². The van der Waals surface area contributed by atoms with Gasteiger partial charge in [-0.3, -0.25) is 4.79 Å². The lowest BCUT2D eigenvalue weighted by molar-refractivity contribution is -0.149. The maximum Gasteiger partial charge on any atom is 0.332 e. The van der Waals surface area contributed by atoms with Gasteiger partial charge < -0.3 is 24.8 Å². The Labute approximate surface area is 244 Å². The zero-order valence-electron chi connectivity index (χ0n) is 24.4. The van der Waals surface area contributed by atoms with Crippen LogP contribution in [0.15, 0.2) is 36.2 Å². The quantitative estimate of drug-likeness (QED) is 0.261. The van der Waals surface area contributed by atoms with Gasteiger partial charge in [0.25, 0.3) is 0 Å². The summed E-state index contributed by atoms with van der Waals surface area (Å²) in [6.45, 7) is 14.5. The number of carbonyl (C=O) groups is 2. The molecule has 218 valence electrons. The van der Waals surface area contributed by atoms with Crippen molar-refractivity contribution in [3.8, 4) is 22.2 Å². The summed E-state index contributed by atoms with van der Waals surface area (Å²) in [4.78, 5) is 35.9. The molecule has 1 aliphatic carbocycles. The van der Waals surface area contributed by atoms with Crippen LogP contribution in [-0.4, -0.2) is 59.8 Å². The topological polar surface area (TPSA) is 112 Å². The molecule has 2 aromatic heterocycles. The highest BCUT2D eigenvalue weighted by molar-refractivity contribution is 7.13. The average Bonchev–Trinajstić information content (AvgIpc) is 3.25. The van der Waals surface area contributed by atoms with Crippen molar-refractivity contribution in [2.45, 2.75) is 64.6 Å². The van der Waals surface area contributed by atoms with Gasteiger partial charge in [-0.2, -0.15) is 0 Å². The van der Waals surface area contributed by atoms with Gasteiger partial charge in [-0.15, -0.1) is 17.9 Å². The largest absolute Gasteiger partial charge is 0.496 e. The Bertz CT molecular complexity index is 1490. The number of rotatable bonds is 10. The van der Waals surface area contributed by atoms with Crippen LogP contribution in [0.2, 0.25) is 0 Å². The average molecular weight is 579 g/mol. The fourth-order valence-corrected chi connectivity index (χ4v) is 6.45. The minimum absolute atomic E-state index is 0.141. The van der Waals surface area contributed by atoms with Gasteiger partial charge in [0, 0.05) is 40.8 Å². The van der Waals surface area contributed by atoms with Gasteiger partial charge in [-0.25, -0.2) is 14.8 Å². The van der Waals surface area contributed by atoms with Crippen molar-refractivity contribution < 1.29 is 23.8 Å². The number of hydrogen-bond donors (Lipinski definition) is 2. The molecule has 41 heavy (non-hydrogen) atoms. The fraction of sp³-hybridized carbons (Fsp3) is 0.484. The van der Waals surface area contributed by atoms with E-state index < -0.39 is 17.6 Å². The van der Waals surface area contributed by atoms with Gasteiger partial charge in [0.1, 0.15) is 33.8 Å². The van der Waals surface area contributed by atoms with E-state index in [1.165, 1.54) is 0 Å². The molecule has 1 aliphatic heterocycles. The number of thiazole rings is 1. The maximum absolute atomic E-state index is 13.4. The lowest BCUT2D eigenvalue weighted by Gasteiger charge is -2.24. The first kappa shape index (κ1) is 29.0. The number of fused-ring (bicyclic) bond motifs is 1. The van der Waals surface area contributed by atoms with E-state index in [1.54, 1.807) is 31.4 Å². The van der Waals surface area contributed by atoms with E-state index in [1.807, 2.05) is 32.0 Å². The molecular formula is C31H38N4O5S. The number of pyridine rings is 1. The lowest BCUT2D eigenvalue weighted by Crippen LogP contribution is -2.53. The van der Waals surface area contributed by atoms with Crippen molar-refractivity contribution >= 4 is 34.1 Å². The first-order valence-electron chi connectivity index (χ1n) is 14.1. The number of aryl methyl sites for hydroxylation is 1. The highest BCUT2D eigenvalue weighted by Gasteiger charge is 2.61. The summed E-state index contributed by atoms with van der Waals surface area (Å²) < 4.78 is 17.5. The third-order valence-electron chi connectivity index (χ3n) is 8.20. The zero-order valence-corrected chi connectivity index (χ0v) is 25.3. The van der Waals surface area contributed by atoms with Gasteiger partial charge in [0.05, 0.1) is 31.0 Å². The van der Waals surface area contributed by atoms with Gasteiger partial charge in [0.15, 0.2) is 0 Å². The third-order valence-corrected chi connectivity index (χ3v) is 9.08. The molecule has 1 aromatic carbocycles. The van der Waals surface area contributed by atoms with Crippen LogP contribution < -0.4 is 20.1 Å². The summed E-state index contributed by atoms with van der Waals surface area (Å²) in [5.41, 5.74) is 2.41. The summed E-state index contributed by atoms with van der Waals surface area (Å²) in [7, 11) is 1.65. The van der Waals surface area contributed by atoms with Crippen LogP contribution in [0.3, 0.4) is 0 Å². The monoisotopic (exact) mass is 578 g/mol. The molecule has 5 atom stereocenters. The van der Waals surface area contributed by atoms with Crippen molar-refractivity contribution in [3.63, 3.8) is 0 Å². The molecule has 0 spiro atoms. The summed E-state index contributed by atoms with van der Waals surface area (Å²) in [6, 6.07) is 5.28. The minimum atomic E-state index is -1.04. The van der Waals surface area contributed by atoms with Crippen LogP contribution in [0.4, 0.5) is 0 Å². The number of hydrogen-bond acceptors (Lipinski definition) is 9. The SMILES string of the molecule is C=C[C@@H]1C[C@]1(NC(=O)[C@H]1NC[C@H](Oc2cc(-c3nc(C(C)C)cs3)nc3c(C)c(OC)ccc23)[C@H]1C)C(=O)OCC. The first-order chi connectivity index (χ1) is 19.6. The number of carbonyl (C=O) groups excluding carboxylic acids is 2. The Morgan fingerprint density at radius 2 is 2.07 bits per heavy atom. The summed E-state index contributed by atoms with van der Waals surface area (Å²) >= 11 is 1.56. The normalized spacial score (nSPS) is 25.2. The van der Waals surface area contributed by atoms with Crippen LogP contribution in [0, 0.1) is 18.8 Å². The van der Waals surface area contributed by atoms with Crippen LogP contribution in [0.1, 0.15) is 51.3 Å². The highest BCUT2D eigenvalue weighted by atomic mass is 32.1. The molecule has 0 radical (unpaired) electrons. The predicted molar refractivity (Wildman–Crippen MR) is 159 cm³/mol. The standard InChI is InChI=1S/C31H38N4O5S/c1-8-19-13-31(19,30(37)39-9-2)35-28(36)27-18(6)25(14-32-27)40-24-12-21(29-34-22(15-41-29)16(3)4)33-26-17(5)23(38-7)11-10-20(24)26/h8,10-12,15-16,18-19,25,27,32H,1,9,13-14H2,2-7H3,(H,35,36)/t18-,19-,25+,27+,31-/m1/s1. The van der Waals surface area contributed by atoms with Gasteiger partial charge >= 0.3 is 5.97 Å². The fourth-order valence-electron chi connectivity index (χ4n) is 5.51. The number of aromatic nitrogens is 2. The van der Waals surface area contributed by atoms with Gasteiger partial charge in [0.2, 0.25) is 5.91 Å². The highest BCUT2D eigenvalue weighted by Crippen LogP contribution is 2.46. The Kier molecular flexibility index (Phi) is 8.07. The number of nitrogens with one attached hydrogen (secondary N) is 2. The number of ether oxygens (including phenoxy) is 3. The molecule has 5 rings (SSSR count). The van der Waals surface area contributed by atoms with E-state index in [2.05, 4.69) is 36.4 Å². The molecule has 2 N–H and O–H groups in total. The third kappa shape index (κ3) is 5.30. The van der Waals surface area contributed by atoms with Crippen molar-refractivity contribution in [2.24, 2.45) is 11.8 Å². The predicted octanol–water partition coefficient (Wildman–Crippen LogP) is 4.78. The second-order valence-corrected chi connectivity index (χ2v) is 12.0. The van der Waals surface area contributed by atoms with E-state index in [-0.39, 0.29) is 30.5 Å². The Balaban J connectivity index is 1.42. The van der Waals surface area contributed by atoms with E-state index >= 15 is 0 Å². The summed E-state index contributed by atoms with van der Waals surface area (Å²) in [6.07, 6.45) is 1.90. The molecule has 2 aliphatic rings. The second-order valence-electron chi connectivity index (χ2n) is 11.2. The molecule has 0 unspecified atom stereocenters. The van der Waals surface area contributed by atoms with Crippen molar-refractivity contribution in [1.29, 1.82) is 0 Å². The van der Waals surface area contributed by atoms with Crippen LogP contribution >= 0.6 is 11.3 Å². The maximum atomic E-state index is 13.4. The first-order valence-corrected chi connectivity index (χ1v) is 15.0. The van der Waals surface area contributed by atoms with E-state index in [0.717, 1.165) is 38.6 Å². The van der Waals surface area contributed by atoms with E-state index in [9.17, 15) is 9.59 Å². The molecule has 0 bridgehead atoms. The molecule has 1 saturated carbocycles. The van der Waals surface area contributed by atoms with Crippen LogP contribution in [0.5, 0.6) is 11.5 Å². The second kappa shape index (κ2) is 11.4. The molecule has 3 aromatic rings. The van der Waals surface area contributed by atoms with E-state index in [0.29, 0.717) is 24.6 Å². The van der Waals surface area contributed by atoms with Crippen LogP contribution in [-0.2, 0) is 14.3 Å². The number of amides is 1. The molecule has 1 saturated heterocycles. The Morgan fingerprint density at radius 1 is 1.29 bits per heavy atom. The Hall–Kier alpha value is -3.50. The molecule has 10 heteroatoms. The Morgan fingerprint density at radius 3 is 2.71 bits per heavy atom. The van der Waals surface area contributed by atoms with Gasteiger partial charge in [-0.05, 0) is 38.3 Å². The number of esters is 1. The summed E-state index contributed by atoms with van der Waals surface area (Å²) in [5.74, 6) is 0.760. The number of nitrogens with zero attached hydrogens (tertiary/aromatic N) is 2. The molecule has 2 fully saturated rings. The molecular weight excluding hydrogens is 540 g/mol. The zero-order chi connectivity index (χ0) is 29.5. The minimum Gasteiger partial charge on any atom is -0.496 e. The molecule has 9 nitrogen and oxygen atoms in total. The molecule has 1 amide bonds. The smallest absolute Gasteiger partial charge is 0.332 e. The molecule has 3 heterocycles. The van der Waals surface area contributed by atoms with Gasteiger partial charge in [-0.1, -0.05) is 26.8 Å². The lowest BCUT2D eigenvalue weighted by atomic mass is 9.99. The van der Waals surface area contributed by atoms with Crippen molar-refractivity contribution in [1.82, 2.24) is 20.6 Å².